The van der Waals surface area contributed by atoms with E-state index in [1.165, 1.54) is 29.7 Å². The van der Waals surface area contributed by atoms with Gasteiger partial charge in [-0.05, 0) is 49.9 Å². The minimum atomic E-state index is 0.469. The van der Waals surface area contributed by atoms with E-state index < -0.39 is 0 Å². The topological polar surface area (TPSA) is 56.7 Å². The van der Waals surface area contributed by atoms with Gasteiger partial charge < -0.3 is 5.73 Å². The number of hydrogen-bond acceptors (Lipinski definition) is 3. The molecule has 1 aliphatic rings. The predicted octanol–water partition coefficient (Wildman–Crippen LogP) is 2.22. The van der Waals surface area contributed by atoms with Gasteiger partial charge in [0, 0.05) is 12.5 Å². The lowest BCUT2D eigenvalue weighted by Gasteiger charge is -2.08. The van der Waals surface area contributed by atoms with Gasteiger partial charge in [-0.15, -0.1) is 5.10 Å². The van der Waals surface area contributed by atoms with Crippen molar-refractivity contribution in [1.29, 1.82) is 0 Å². The van der Waals surface area contributed by atoms with Crippen molar-refractivity contribution in [2.24, 2.45) is 5.73 Å². The normalized spacial score (nSPS) is 15.1. The Hall–Kier alpha value is -1.68. The molecule has 1 saturated carbocycles. The SMILES string of the molecule is Cc1cc(C)cc(-n2nnc(CN)c2C2CC2)c1. The predicted molar refractivity (Wildman–Crippen MR) is 70.7 cm³/mol. The van der Waals surface area contributed by atoms with Gasteiger partial charge in [-0.3, -0.25) is 0 Å². The smallest absolute Gasteiger partial charge is 0.100 e. The number of nitrogens with two attached hydrogens (primary N) is 1. The Kier molecular flexibility index (Phi) is 2.67. The summed E-state index contributed by atoms with van der Waals surface area (Å²) in [5.41, 5.74) is 11.5. The van der Waals surface area contributed by atoms with E-state index in [1.54, 1.807) is 0 Å². The van der Waals surface area contributed by atoms with Gasteiger partial charge >= 0.3 is 0 Å². The first-order valence-corrected chi connectivity index (χ1v) is 6.42. The van der Waals surface area contributed by atoms with Crippen LogP contribution in [0.5, 0.6) is 0 Å². The van der Waals surface area contributed by atoms with Crippen molar-refractivity contribution >= 4 is 0 Å². The molecule has 0 radical (unpaired) electrons. The van der Waals surface area contributed by atoms with Crippen LogP contribution in [0.4, 0.5) is 0 Å². The maximum Gasteiger partial charge on any atom is 0.100 e. The Morgan fingerprint density at radius 3 is 2.44 bits per heavy atom. The Balaban J connectivity index is 2.13. The largest absolute Gasteiger partial charge is 0.325 e. The van der Waals surface area contributed by atoms with Gasteiger partial charge in [0.05, 0.1) is 11.4 Å². The maximum absolute atomic E-state index is 5.75. The molecule has 4 heteroatoms. The van der Waals surface area contributed by atoms with Crippen molar-refractivity contribution < 1.29 is 0 Å². The number of nitrogens with zero attached hydrogens (tertiary/aromatic N) is 3. The van der Waals surface area contributed by atoms with Crippen molar-refractivity contribution in [3.8, 4) is 5.69 Å². The second-order valence-corrected chi connectivity index (χ2v) is 5.16. The maximum atomic E-state index is 5.75. The van der Waals surface area contributed by atoms with Gasteiger partial charge in [0.15, 0.2) is 0 Å². The molecule has 18 heavy (non-hydrogen) atoms. The summed E-state index contributed by atoms with van der Waals surface area (Å²) in [6.45, 7) is 4.68. The number of aromatic nitrogens is 3. The lowest BCUT2D eigenvalue weighted by atomic mass is 10.1. The van der Waals surface area contributed by atoms with E-state index in [-0.39, 0.29) is 0 Å². The van der Waals surface area contributed by atoms with Crippen LogP contribution in [0, 0.1) is 13.8 Å². The quantitative estimate of drug-likeness (QED) is 0.897. The number of aryl methyl sites for hydroxylation is 2. The molecule has 0 amide bonds. The molecule has 0 aliphatic heterocycles. The summed E-state index contributed by atoms with van der Waals surface area (Å²) in [4.78, 5) is 0. The fourth-order valence-corrected chi connectivity index (χ4v) is 2.49. The fourth-order valence-electron chi connectivity index (χ4n) is 2.49. The van der Waals surface area contributed by atoms with E-state index in [1.807, 2.05) is 4.68 Å². The van der Waals surface area contributed by atoms with E-state index in [4.69, 9.17) is 5.73 Å². The molecule has 1 aromatic heterocycles. The summed E-state index contributed by atoms with van der Waals surface area (Å²) in [5.74, 6) is 0.597. The average Bonchev–Trinajstić information content (AvgIpc) is 3.07. The van der Waals surface area contributed by atoms with E-state index in [0.717, 1.165) is 11.4 Å². The minimum absolute atomic E-state index is 0.469. The van der Waals surface area contributed by atoms with Crippen LogP contribution in [0.25, 0.3) is 5.69 Å². The Labute approximate surface area is 107 Å². The van der Waals surface area contributed by atoms with E-state index in [2.05, 4.69) is 42.4 Å². The number of benzene rings is 1. The van der Waals surface area contributed by atoms with Gasteiger partial charge in [0.1, 0.15) is 5.69 Å². The van der Waals surface area contributed by atoms with E-state index >= 15 is 0 Å². The lowest BCUT2D eigenvalue weighted by molar-refractivity contribution is 0.762. The highest BCUT2D eigenvalue weighted by Gasteiger charge is 2.31. The molecule has 1 heterocycles. The number of hydrogen-bond donors (Lipinski definition) is 1. The van der Waals surface area contributed by atoms with Gasteiger partial charge in [-0.1, -0.05) is 11.3 Å². The highest BCUT2D eigenvalue weighted by atomic mass is 15.4. The molecule has 1 aromatic carbocycles. The van der Waals surface area contributed by atoms with Gasteiger partial charge in [0.2, 0.25) is 0 Å². The zero-order valence-electron chi connectivity index (χ0n) is 10.8. The molecule has 0 spiro atoms. The average molecular weight is 242 g/mol. The van der Waals surface area contributed by atoms with Crippen LogP contribution in [-0.4, -0.2) is 15.0 Å². The van der Waals surface area contributed by atoms with Crippen molar-refractivity contribution in [2.45, 2.75) is 39.2 Å². The molecule has 2 N–H and O–H groups in total. The molecule has 1 fully saturated rings. The molecule has 3 rings (SSSR count). The highest BCUT2D eigenvalue weighted by Crippen LogP contribution is 2.41. The number of rotatable bonds is 3. The van der Waals surface area contributed by atoms with Crippen LogP contribution in [-0.2, 0) is 6.54 Å². The van der Waals surface area contributed by atoms with Crippen molar-refractivity contribution in [2.75, 3.05) is 0 Å². The Bertz CT molecular complexity index is 561. The summed E-state index contributed by atoms with van der Waals surface area (Å²) >= 11 is 0. The summed E-state index contributed by atoms with van der Waals surface area (Å²) in [5, 5.41) is 8.51. The standard InChI is InChI=1S/C14H18N4/c1-9-5-10(2)7-12(6-9)18-14(11-3-4-11)13(8-15)16-17-18/h5-7,11H,3-4,8,15H2,1-2H3. The molecule has 94 valence electrons. The zero-order chi connectivity index (χ0) is 12.7. The molecule has 2 aromatic rings. The summed E-state index contributed by atoms with van der Waals surface area (Å²) in [6.07, 6.45) is 2.45. The first-order valence-electron chi connectivity index (χ1n) is 6.42. The minimum Gasteiger partial charge on any atom is -0.325 e. The van der Waals surface area contributed by atoms with Crippen molar-refractivity contribution in [3.05, 3.63) is 40.7 Å². The second-order valence-electron chi connectivity index (χ2n) is 5.16. The van der Waals surface area contributed by atoms with Crippen LogP contribution in [0.2, 0.25) is 0 Å². The van der Waals surface area contributed by atoms with Crippen LogP contribution in [0.15, 0.2) is 18.2 Å². The molecular weight excluding hydrogens is 224 g/mol. The molecule has 0 unspecified atom stereocenters. The summed E-state index contributed by atoms with van der Waals surface area (Å²) in [6, 6.07) is 6.46. The van der Waals surface area contributed by atoms with Gasteiger partial charge in [-0.25, -0.2) is 4.68 Å². The van der Waals surface area contributed by atoms with Gasteiger partial charge in [-0.2, -0.15) is 0 Å². The van der Waals surface area contributed by atoms with Crippen molar-refractivity contribution in [1.82, 2.24) is 15.0 Å². The Morgan fingerprint density at radius 2 is 1.89 bits per heavy atom. The van der Waals surface area contributed by atoms with E-state index in [9.17, 15) is 0 Å². The molecular formula is C14H18N4. The summed E-state index contributed by atoms with van der Waals surface area (Å²) in [7, 11) is 0. The van der Waals surface area contributed by atoms with Crippen LogP contribution in [0.1, 0.15) is 41.3 Å². The first-order chi connectivity index (χ1) is 8.69. The third-order valence-corrected chi connectivity index (χ3v) is 3.39. The van der Waals surface area contributed by atoms with E-state index in [0.29, 0.717) is 12.5 Å². The highest BCUT2D eigenvalue weighted by molar-refractivity contribution is 5.41. The molecule has 0 atom stereocenters. The van der Waals surface area contributed by atoms with Crippen LogP contribution in [0.3, 0.4) is 0 Å². The van der Waals surface area contributed by atoms with Crippen LogP contribution >= 0.6 is 0 Å². The zero-order valence-corrected chi connectivity index (χ0v) is 10.8. The first kappa shape index (κ1) is 11.4. The van der Waals surface area contributed by atoms with Crippen molar-refractivity contribution in [3.63, 3.8) is 0 Å². The molecule has 1 aliphatic carbocycles. The summed E-state index contributed by atoms with van der Waals surface area (Å²) < 4.78 is 1.97. The molecule has 0 saturated heterocycles. The van der Waals surface area contributed by atoms with Gasteiger partial charge in [0.25, 0.3) is 0 Å². The lowest BCUT2D eigenvalue weighted by Crippen LogP contribution is -2.05. The monoisotopic (exact) mass is 242 g/mol. The second kappa shape index (κ2) is 4.21. The third-order valence-electron chi connectivity index (χ3n) is 3.39. The van der Waals surface area contributed by atoms with Crippen LogP contribution < -0.4 is 5.73 Å². The third kappa shape index (κ3) is 1.93. The fraction of sp³-hybridized carbons (Fsp3) is 0.429. The molecule has 4 nitrogen and oxygen atoms in total. The molecule has 0 bridgehead atoms. The Morgan fingerprint density at radius 1 is 1.22 bits per heavy atom.